The lowest BCUT2D eigenvalue weighted by molar-refractivity contribution is -0.139. The normalized spacial score (nSPS) is 20.5. The van der Waals surface area contributed by atoms with E-state index in [2.05, 4.69) is 17.7 Å². The number of carbonyl (C=O) groups is 4. The second kappa shape index (κ2) is 9.78. The standard InChI is InChI=1S/C23H26N4O5S/c1-2-3-6-18-25-23(11-4-5-12-23)21(30)27(18)26-19(28)14-32-16-9-7-15(8-10-16)13-17-20(29)24-22(31)33-17/h7-10,13H,2-6,11-12,14H2,1H3,(H,26,28)(H,24,29,31)/b17-13-. The van der Waals surface area contributed by atoms with Gasteiger partial charge in [0, 0.05) is 6.42 Å². The molecule has 4 amide bonds. The Hall–Kier alpha value is -3.14. The smallest absolute Gasteiger partial charge is 0.290 e. The third-order valence-corrected chi connectivity index (χ3v) is 6.62. The van der Waals surface area contributed by atoms with Crippen LogP contribution in [0.2, 0.25) is 0 Å². The first kappa shape index (κ1) is 23.0. The van der Waals surface area contributed by atoms with Crippen molar-refractivity contribution in [1.29, 1.82) is 0 Å². The highest BCUT2D eigenvalue weighted by Gasteiger charge is 2.50. The number of hydrogen-bond donors (Lipinski definition) is 2. The summed E-state index contributed by atoms with van der Waals surface area (Å²) in [5.74, 6) is 0.0868. The van der Waals surface area contributed by atoms with E-state index in [0.717, 1.165) is 55.9 Å². The fourth-order valence-corrected chi connectivity index (χ4v) is 4.79. The Morgan fingerprint density at radius 1 is 1.24 bits per heavy atom. The summed E-state index contributed by atoms with van der Waals surface area (Å²) in [6.07, 6.45) is 7.49. The number of nitrogens with zero attached hydrogens (tertiary/aromatic N) is 2. The minimum atomic E-state index is -0.708. The molecule has 2 aliphatic heterocycles. The molecule has 0 radical (unpaired) electrons. The summed E-state index contributed by atoms with van der Waals surface area (Å²) >= 11 is 0.849. The molecule has 10 heteroatoms. The highest BCUT2D eigenvalue weighted by molar-refractivity contribution is 8.18. The highest BCUT2D eigenvalue weighted by atomic mass is 32.2. The SMILES string of the molecule is CCCCC1=NC2(CCCC2)C(=O)N1NC(=O)COc1ccc(/C=C2\SC(=O)NC2=O)cc1. The Morgan fingerprint density at radius 2 is 1.97 bits per heavy atom. The molecule has 0 bridgehead atoms. The van der Waals surface area contributed by atoms with Crippen LogP contribution in [0, 0.1) is 0 Å². The van der Waals surface area contributed by atoms with Gasteiger partial charge in [0.25, 0.3) is 23.0 Å². The van der Waals surface area contributed by atoms with Gasteiger partial charge in [-0.05, 0) is 54.8 Å². The summed E-state index contributed by atoms with van der Waals surface area (Å²) in [5, 5.41) is 3.14. The van der Waals surface area contributed by atoms with Gasteiger partial charge < -0.3 is 4.74 Å². The fourth-order valence-electron chi connectivity index (χ4n) is 4.11. The van der Waals surface area contributed by atoms with Crippen molar-refractivity contribution in [1.82, 2.24) is 15.8 Å². The Morgan fingerprint density at radius 3 is 2.61 bits per heavy atom. The molecule has 3 aliphatic rings. The van der Waals surface area contributed by atoms with Crippen molar-refractivity contribution in [3.05, 3.63) is 34.7 Å². The number of amides is 4. The van der Waals surface area contributed by atoms with Crippen molar-refractivity contribution in [3.8, 4) is 5.75 Å². The number of hydrogen-bond acceptors (Lipinski definition) is 7. The van der Waals surface area contributed by atoms with Crippen molar-refractivity contribution < 1.29 is 23.9 Å². The van der Waals surface area contributed by atoms with Crippen molar-refractivity contribution in [2.75, 3.05) is 6.61 Å². The van der Waals surface area contributed by atoms with Gasteiger partial charge in [0.05, 0.1) is 4.91 Å². The quantitative estimate of drug-likeness (QED) is 0.564. The van der Waals surface area contributed by atoms with E-state index in [0.29, 0.717) is 22.9 Å². The van der Waals surface area contributed by atoms with Gasteiger partial charge in [-0.1, -0.05) is 38.3 Å². The molecule has 1 aromatic rings. The van der Waals surface area contributed by atoms with Gasteiger partial charge in [0.1, 0.15) is 17.1 Å². The van der Waals surface area contributed by atoms with Crippen molar-refractivity contribution in [2.45, 2.75) is 57.4 Å². The third kappa shape index (κ3) is 5.11. The third-order valence-electron chi connectivity index (χ3n) is 5.81. The largest absolute Gasteiger partial charge is 0.484 e. The van der Waals surface area contributed by atoms with Crippen molar-refractivity contribution in [2.24, 2.45) is 4.99 Å². The topological polar surface area (TPSA) is 117 Å². The summed E-state index contributed by atoms with van der Waals surface area (Å²) in [5.41, 5.74) is 2.69. The zero-order valence-corrected chi connectivity index (χ0v) is 19.2. The van der Waals surface area contributed by atoms with Crippen LogP contribution in [-0.4, -0.2) is 46.0 Å². The first-order valence-corrected chi connectivity index (χ1v) is 11.9. The molecule has 0 atom stereocenters. The minimum absolute atomic E-state index is 0.149. The summed E-state index contributed by atoms with van der Waals surface area (Å²) in [4.78, 5) is 53.5. The lowest BCUT2D eigenvalue weighted by atomic mass is 9.99. The van der Waals surface area contributed by atoms with E-state index < -0.39 is 22.6 Å². The van der Waals surface area contributed by atoms with Gasteiger partial charge in [-0.2, -0.15) is 0 Å². The number of unbranched alkanes of at least 4 members (excludes halogenated alkanes) is 1. The number of nitrogens with one attached hydrogen (secondary N) is 2. The number of amidine groups is 1. The van der Waals surface area contributed by atoms with Gasteiger partial charge >= 0.3 is 0 Å². The molecule has 1 aromatic carbocycles. The fraction of sp³-hybridized carbons (Fsp3) is 0.435. The van der Waals surface area contributed by atoms with Gasteiger partial charge in [-0.3, -0.25) is 34.9 Å². The molecule has 2 N–H and O–H groups in total. The number of hydrazine groups is 1. The second-order valence-corrected chi connectivity index (χ2v) is 9.27. The molecule has 1 spiro atoms. The van der Waals surface area contributed by atoms with Gasteiger partial charge in [0.15, 0.2) is 6.61 Å². The van der Waals surface area contributed by atoms with Gasteiger partial charge in [-0.15, -0.1) is 0 Å². The van der Waals surface area contributed by atoms with E-state index in [1.807, 2.05) is 0 Å². The number of imide groups is 1. The molecule has 0 aromatic heterocycles. The van der Waals surface area contributed by atoms with Crippen molar-refractivity contribution >= 4 is 46.6 Å². The molecular weight excluding hydrogens is 444 g/mol. The number of ether oxygens (including phenoxy) is 1. The molecule has 1 saturated heterocycles. The molecule has 0 unspecified atom stereocenters. The minimum Gasteiger partial charge on any atom is -0.484 e. The maximum absolute atomic E-state index is 13.0. The summed E-state index contributed by atoms with van der Waals surface area (Å²) in [6.45, 7) is 1.81. The lowest BCUT2D eigenvalue weighted by Gasteiger charge is -2.22. The van der Waals surface area contributed by atoms with Gasteiger partial charge in [0.2, 0.25) is 0 Å². The van der Waals surface area contributed by atoms with E-state index >= 15 is 0 Å². The van der Waals surface area contributed by atoms with Crippen LogP contribution in [0.5, 0.6) is 5.75 Å². The average molecular weight is 471 g/mol. The Kier molecular flexibility index (Phi) is 6.83. The average Bonchev–Trinajstić information content (AvgIpc) is 3.47. The van der Waals surface area contributed by atoms with E-state index in [4.69, 9.17) is 9.73 Å². The van der Waals surface area contributed by atoms with Crippen LogP contribution in [0.1, 0.15) is 57.4 Å². The van der Waals surface area contributed by atoms with Crippen LogP contribution in [0.25, 0.3) is 6.08 Å². The molecular formula is C23H26N4O5S. The number of rotatable bonds is 8. The van der Waals surface area contributed by atoms with Crippen LogP contribution in [0.3, 0.4) is 0 Å². The van der Waals surface area contributed by atoms with Crippen LogP contribution >= 0.6 is 11.8 Å². The van der Waals surface area contributed by atoms with E-state index in [9.17, 15) is 19.2 Å². The Labute approximate surface area is 196 Å². The molecule has 1 aliphatic carbocycles. The van der Waals surface area contributed by atoms with Crippen molar-refractivity contribution in [3.63, 3.8) is 0 Å². The molecule has 2 heterocycles. The van der Waals surface area contributed by atoms with E-state index in [1.54, 1.807) is 30.3 Å². The number of thioether (sulfide) groups is 1. The Bertz CT molecular complexity index is 1030. The van der Waals surface area contributed by atoms with Crippen LogP contribution in [0.15, 0.2) is 34.2 Å². The molecule has 2 fully saturated rings. The maximum Gasteiger partial charge on any atom is 0.290 e. The summed E-state index contributed by atoms with van der Waals surface area (Å²) in [7, 11) is 0. The number of carbonyl (C=O) groups excluding carboxylic acids is 4. The molecule has 33 heavy (non-hydrogen) atoms. The summed E-state index contributed by atoms with van der Waals surface area (Å²) in [6, 6.07) is 6.78. The predicted octanol–water partition coefficient (Wildman–Crippen LogP) is 3.16. The summed E-state index contributed by atoms with van der Waals surface area (Å²) < 4.78 is 5.56. The Balaban J connectivity index is 1.33. The van der Waals surface area contributed by atoms with E-state index in [-0.39, 0.29) is 12.5 Å². The number of aliphatic imine (C=N–C) groups is 1. The zero-order chi connectivity index (χ0) is 23.4. The lowest BCUT2D eigenvalue weighted by Crippen LogP contribution is -2.52. The van der Waals surface area contributed by atoms with E-state index in [1.165, 1.54) is 5.01 Å². The van der Waals surface area contributed by atoms with Crippen LogP contribution < -0.4 is 15.5 Å². The monoisotopic (exact) mass is 470 g/mol. The van der Waals surface area contributed by atoms with Crippen LogP contribution in [-0.2, 0) is 14.4 Å². The zero-order valence-electron chi connectivity index (χ0n) is 18.4. The maximum atomic E-state index is 13.0. The molecule has 174 valence electrons. The highest BCUT2D eigenvalue weighted by Crippen LogP contribution is 2.39. The number of benzene rings is 1. The molecule has 4 rings (SSSR count). The second-order valence-electron chi connectivity index (χ2n) is 8.26. The predicted molar refractivity (Wildman–Crippen MR) is 124 cm³/mol. The first-order chi connectivity index (χ1) is 15.9. The first-order valence-electron chi connectivity index (χ1n) is 11.1. The van der Waals surface area contributed by atoms with Gasteiger partial charge in [-0.25, -0.2) is 5.01 Å². The molecule has 9 nitrogen and oxygen atoms in total. The van der Waals surface area contributed by atoms with Crippen LogP contribution in [0.4, 0.5) is 4.79 Å². The molecule has 1 saturated carbocycles.